The minimum Gasteiger partial charge on any atom is -0.480 e. The predicted molar refractivity (Wildman–Crippen MR) is 87.2 cm³/mol. The second-order valence-electron chi connectivity index (χ2n) is 6.19. The van der Waals surface area contributed by atoms with E-state index in [9.17, 15) is 19.5 Å². The van der Waals surface area contributed by atoms with Crippen molar-refractivity contribution in [2.24, 2.45) is 5.92 Å². The van der Waals surface area contributed by atoms with Gasteiger partial charge in [0, 0.05) is 19.0 Å². The molecule has 3 atom stereocenters. The molecule has 2 rings (SSSR count). The number of hydrogen-bond acceptors (Lipinski definition) is 5. The van der Waals surface area contributed by atoms with E-state index in [-0.39, 0.29) is 18.2 Å². The van der Waals surface area contributed by atoms with Crippen molar-refractivity contribution in [1.82, 2.24) is 4.90 Å². The van der Waals surface area contributed by atoms with E-state index in [2.05, 4.69) is 0 Å². The molecule has 0 aromatic heterocycles. The maximum absolute atomic E-state index is 12.2. The first-order chi connectivity index (χ1) is 11.4. The van der Waals surface area contributed by atoms with Gasteiger partial charge in [-0.3, -0.25) is 14.5 Å². The second-order valence-corrected chi connectivity index (χ2v) is 6.19. The van der Waals surface area contributed by atoms with Gasteiger partial charge in [0.2, 0.25) is 0 Å². The van der Waals surface area contributed by atoms with E-state index >= 15 is 0 Å². The number of carboxylic acids is 1. The van der Waals surface area contributed by atoms with E-state index < -0.39 is 23.9 Å². The molecule has 1 saturated heterocycles. The van der Waals surface area contributed by atoms with Gasteiger partial charge in [0.15, 0.2) is 0 Å². The third kappa shape index (κ3) is 4.20. The number of methoxy groups -OCH3 is 1. The molecule has 1 aromatic carbocycles. The highest BCUT2D eigenvalue weighted by atomic mass is 16.5. The van der Waals surface area contributed by atoms with Crippen molar-refractivity contribution in [3.63, 3.8) is 0 Å². The van der Waals surface area contributed by atoms with Crippen LogP contribution in [0.5, 0.6) is 0 Å². The van der Waals surface area contributed by atoms with Gasteiger partial charge in [-0.05, 0) is 25.3 Å². The average Bonchev–Trinajstić information content (AvgIpc) is 2.96. The van der Waals surface area contributed by atoms with Crippen LogP contribution < -0.4 is 0 Å². The number of rotatable bonds is 7. The van der Waals surface area contributed by atoms with Crippen LogP contribution in [0.1, 0.15) is 31.7 Å². The predicted octanol–water partition coefficient (Wildman–Crippen LogP) is 1.87. The standard InChI is InChI=1S/C18H23NO5/c1-12(20)10-14(18(23)24-2)15-8-9-16(17(21)22)19(15)11-13-6-4-3-5-7-13/h3-7,14-16H,8-11H2,1-2H3,(H,21,22)/t14-,15+,16-/m0/s1. The quantitative estimate of drug-likeness (QED) is 0.767. The Kier molecular flexibility index (Phi) is 6.09. The van der Waals surface area contributed by atoms with Crippen LogP contribution in [0.25, 0.3) is 0 Å². The Hall–Kier alpha value is -2.21. The van der Waals surface area contributed by atoms with Crippen LogP contribution in [0.2, 0.25) is 0 Å². The molecular formula is C18H23NO5. The fourth-order valence-electron chi connectivity index (χ4n) is 3.45. The molecule has 1 heterocycles. The van der Waals surface area contributed by atoms with Crippen LogP contribution in [0.4, 0.5) is 0 Å². The van der Waals surface area contributed by atoms with E-state index in [1.807, 2.05) is 35.2 Å². The number of aliphatic carboxylic acids is 1. The number of hydrogen-bond donors (Lipinski definition) is 1. The highest BCUT2D eigenvalue weighted by Gasteiger charge is 2.44. The van der Waals surface area contributed by atoms with E-state index in [0.717, 1.165) is 5.56 Å². The average molecular weight is 333 g/mol. The molecule has 1 N–H and O–H groups in total. The molecule has 1 aromatic rings. The van der Waals surface area contributed by atoms with Crippen molar-refractivity contribution in [2.45, 2.75) is 44.8 Å². The van der Waals surface area contributed by atoms with Crippen molar-refractivity contribution in [2.75, 3.05) is 7.11 Å². The summed E-state index contributed by atoms with van der Waals surface area (Å²) in [6.45, 7) is 1.86. The van der Waals surface area contributed by atoms with Gasteiger partial charge in [-0.15, -0.1) is 0 Å². The van der Waals surface area contributed by atoms with E-state index in [0.29, 0.717) is 19.4 Å². The number of Topliss-reactive ketones (excluding diaryl/α,β-unsaturated/α-hetero) is 1. The first-order valence-electron chi connectivity index (χ1n) is 8.03. The zero-order valence-corrected chi connectivity index (χ0v) is 14.0. The zero-order chi connectivity index (χ0) is 17.7. The SMILES string of the molecule is COC(=O)[C@@H](CC(C)=O)[C@H]1CC[C@@H](C(=O)O)N1Cc1ccccc1. The monoisotopic (exact) mass is 333 g/mol. The first-order valence-corrected chi connectivity index (χ1v) is 8.03. The summed E-state index contributed by atoms with van der Waals surface area (Å²) in [7, 11) is 1.29. The summed E-state index contributed by atoms with van der Waals surface area (Å²) in [4.78, 5) is 37.2. The lowest BCUT2D eigenvalue weighted by atomic mass is 9.92. The highest BCUT2D eigenvalue weighted by molar-refractivity contribution is 5.83. The number of nitrogens with zero attached hydrogens (tertiary/aromatic N) is 1. The zero-order valence-electron chi connectivity index (χ0n) is 14.0. The number of carboxylic acid groups (broad SMARTS) is 1. The molecule has 0 saturated carbocycles. The third-order valence-corrected chi connectivity index (χ3v) is 4.53. The molecule has 0 bridgehead atoms. The van der Waals surface area contributed by atoms with Crippen molar-refractivity contribution in [3.8, 4) is 0 Å². The fourth-order valence-corrected chi connectivity index (χ4v) is 3.45. The molecule has 0 radical (unpaired) electrons. The summed E-state index contributed by atoms with van der Waals surface area (Å²) in [5, 5.41) is 9.51. The number of benzene rings is 1. The van der Waals surface area contributed by atoms with E-state index in [1.54, 1.807) is 0 Å². The molecule has 1 aliphatic rings. The summed E-state index contributed by atoms with van der Waals surface area (Å²) in [5.41, 5.74) is 0.974. The molecule has 1 aliphatic heterocycles. The van der Waals surface area contributed by atoms with Gasteiger partial charge >= 0.3 is 11.9 Å². The van der Waals surface area contributed by atoms with Gasteiger partial charge in [0.25, 0.3) is 0 Å². The Morgan fingerprint density at radius 2 is 1.92 bits per heavy atom. The lowest BCUT2D eigenvalue weighted by molar-refractivity contribution is -0.151. The minimum absolute atomic E-state index is 0.0645. The summed E-state index contributed by atoms with van der Waals surface area (Å²) in [6.07, 6.45) is 1.07. The molecule has 0 aliphatic carbocycles. The molecule has 0 spiro atoms. The molecule has 0 amide bonds. The Morgan fingerprint density at radius 3 is 2.46 bits per heavy atom. The van der Waals surface area contributed by atoms with E-state index in [4.69, 9.17) is 4.74 Å². The van der Waals surface area contributed by atoms with Crippen LogP contribution in [0.15, 0.2) is 30.3 Å². The molecular weight excluding hydrogens is 310 g/mol. The van der Waals surface area contributed by atoms with Gasteiger partial charge in [0.1, 0.15) is 11.8 Å². The second kappa shape index (κ2) is 8.06. The summed E-state index contributed by atoms with van der Waals surface area (Å²) < 4.78 is 4.85. The fraction of sp³-hybridized carbons (Fsp3) is 0.500. The van der Waals surface area contributed by atoms with Crippen molar-refractivity contribution >= 4 is 17.7 Å². The lowest BCUT2D eigenvalue weighted by Gasteiger charge is -2.32. The molecule has 130 valence electrons. The van der Waals surface area contributed by atoms with Crippen LogP contribution in [-0.4, -0.2) is 46.9 Å². The molecule has 0 unspecified atom stereocenters. The van der Waals surface area contributed by atoms with Gasteiger partial charge in [-0.2, -0.15) is 0 Å². The normalized spacial score (nSPS) is 22.1. The van der Waals surface area contributed by atoms with Crippen LogP contribution in [-0.2, 0) is 25.7 Å². The number of likely N-dealkylation sites (tertiary alicyclic amines) is 1. The van der Waals surface area contributed by atoms with E-state index in [1.165, 1.54) is 14.0 Å². The molecule has 6 nitrogen and oxygen atoms in total. The van der Waals surface area contributed by atoms with Gasteiger partial charge < -0.3 is 14.6 Å². The van der Waals surface area contributed by atoms with Crippen LogP contribution >= 0.6 is 0 Å². The first kappa shape index (κ1) is 18.1. The third-order valence-electron chi connectivity index (χ3n) is 4.53. The van der Waals surface area contributed by atoms with Crippen molar-refractivity contribution in [1.29, 1.82) is 0 Å². The lowest BCUT2D eigenvalue weighted by Crippen LogP contribution is -2.46. The summed E-state index contributed by atoms with van der Waals surface area (Å²) in [5.74, 6) is -2.11. The Balaban J connectivity index is 2.29. The number of ether oxygens (including phenoxy) is 1. The Labute approximate surface area is 141 Å². The highest BCUT2D eigenvalue weighted by Crippen LogP contribution is 2.33. The Bertz CT molecular complexity index is 601. The van der Waals surface area contributed by atoms with Crippen LogP contribution in [0.3, 0.4) is 0 Å². The smallest absolute Gasteiger partial charge is 0.320 e. The topological polar surface area (TPSA) is 83.9 Å². The van der Waals surface area contributed by atoms with Gasteiger partial charge in [-0.25, -0.2) is 0 Å². The molecule has 1 fully saturated rings. The van der Waals surface area contributed by atoms with Crippen LogP contribution in [0, 0.1) is 5.92 Å². The summed E-state index contributed by atoms with van der Waals surface area (Å²) in [6, 6.07) is 8.55. The maximum atomic E-state index is 12.2. The van der Waals surface area contributed by atoms with Gasteiger partial charge in [-0.1, -0.05) is 30.3 Å². The maximum Gasteiger partial charge on any atom is 0.320 e. The molecule has 6 heteroatoms. The van der Waals surface area contributed by atoms with Crippen molar-refractivity contribution < 1.29 is 24.2 Å². The minimum atomic E-state index is -0.903. The molecule has 24 heavy (non-hydrogen) atoms. The Morgan fingerprint density at radius 1 is 1.25 bits per heavy atom. The summed E-state index contributed by atoms with van der Waals surface area (Å²) >= 11 is 0. The number of esters is 1. The number of carbonyl (C=O) groups excluding carboxylic acids is 2. The largest absolute Gasteiger partial charge is 0.480 e. The number of ketones is 1. The van der Waals surface area contributed by atoms with Crippen molar-refractivity contribution in [3.05, 3.63) is 35.9 Å². The number of carbonyl (C=O) groups is 3. The van der Waals surface area contributed by atoms with Gasteiger partial charge in [0.05, 0.1) is 13.0 Å².